The van der Waals surface area contributed by atoms with E-state index in [0.717, 1.165) is 19.3 Å². The van der Waals surface area contributed by atoms with Crippen molar-refractivity contribution in [2.24, 2.45) is 11.8 Å². The van der Waals surface area contributed by atoms with E-state index in [1.165, 1.54) is 19.3 Å². The van der Waals surface area contributed by atoms with Crippen LogP contribution in [-0.4, -0.2) is 47.7 Å². The Morgan fingerprint density at radius 2 is 2.17 bits per heavy atom. The monoisotopic (exact) mass is 319 g/mol. The second-order valence-electron chi connectivity index (χ2n) is 7.33. The van der Waals surface area contributed by atoms with Crippen molar-refractivity contribution in [1.29, 1.82) is 0 Å². The molecule has 2 saturated heterocycles. The van der Waals surface area contributed by atoms with E-state index < -0.39 is 11.5 Å². The van der Waals surface area contributed by atoms with Crippen molar-refractivity contribution in [2.45, 2.75) is 63.2 Å². The standard InChI is InChI=1S/C18H25NO4/c1-2-10-22-17(21)14-13-8-9-18(23-13)11-19(16(20)15(14)18)12-6-4-3-5-7-12/h8-9,12-15H,2-7,10-11H2,1H3/t13-,14+,15-,18+/m1/s1. The van der Waals surface area contributed by atoms with E-state index in [4.69, 9.17) is 9.47 Å². The zero-order valence-electron chi connectivity index (χ0n) is 13.7. The van der Waals surface area contributed by atoms with Gasteiger partial charge in [0.25, 0.3) is 0 Å². The second kappa shape index (κ2) is 5.62. The highest BCUT2D eigenvalue weighted by Crippen LogP contribution is 2.53. The molecule has 5 heteroatoms. The molecule has 3 heterocycles. The molecule has 1 spiro atoms. The average Bonchev–Trinajstić information content (AvgIpc) is 3.22. The quantitative estimate of drug-likeness (QED) is 0.588. The van der Waals surface area contributed by atoms with Crippen LogP contribution in [0.25, 0.3) is 0 Å². The summed E-state index contributed by atoms with van der Waals surface area (Å²) in [5.74, 6) is -1.02. The fourth-order valence-corrected chi connectivity index (χ4v) is 4.80. The highest BCUT2D eigenvalue weighted by Gasteiger charge is 2.67. The number of amides is 1. The van der Waals surface area contributed by atoms with E-state index in [2.05, 4.69) is 0 Å². The minimum absolute atomic E-state index is 0.0993. The second-order valence-corrected chi connectivity index (χ2v) is 7.33. The van der Waals surface area contributed by atoms with Crippen LogP contribution in [0.4, 0.5) is 0 Å². The van der Waals surface area contributed by atoms with Gasteiger partial charge in [-0.3, -0.25) is 9.59 Å². The lowest BCUT2D eigenvalue weighted by Crippen LogP contribution is -2.42. The maximum absolute atomic E-state index is 13.1. The Morgan fingerprint density at radius 3 is 2.91 bits per heavy atom. The van der Waals surface area contributed by atoms with Gasteiger partial charge >= 0.3 is 5.97 Å². The minimum atomic E-state index is -0.588. The third kappa shape index (κ3) is 2.24. The molecule has 2 bridgehead atoms. The lowest BCUT2D eigenvalue weighted by molar-refractivity contribution is -0.154. The predicted octanol–water partition coefficient (Wildman–Crippen LogP) is 2.05. The lowest BCUT2D eigenvalue weighted by atomic mass is 9.77. The lowest BCUT2D eigenvalue weighted by Gasteiger charge is -2.32. The van der Waals surface area contributed by atoms with E-state index in [0.29, 0.717) is 19.2 Å². The topological polar surface area (TPSA) is 55.8 Å². The number of hydrogen-bond acceptors (Lipinski definition) is 4. The summed E-state index contributed by atoms with van der Waals surface area (Å²) in [6.45, 7) is 2.98. The Morgan fingerprint density at radius 1 is 1.39 bits per heavy atom. The van der Waals surface area contributed by atoms with Crippen molar-refractivity contribution in [3.63, 3.8) is 0 Å². The number of carbonyl (C=O) groups is 2. The minimum Gasteiger partial charge on any atom is -0.465 e. The molecule has 0 unspecified atom stereocenters. The third-order valence-electron chi connectivity index (χ3n) is 5.87. The summed E-state index contributed by atoms with van der Waals surface area (Å²) in [6.07, 6.45) is 10.3. The molecule has 0 aromatic heterocycles. The first-order valence-electron chi connectivity index (χ1n) is 9.00. The van der Waals surface area contributed by atoms with Gasteiger partial charge in [0.05, 0.1) is 25.2 Å². The van der Waals surface area contributed by atoms with Crippen molar-refractivity contribution >= 4 is 11.9 Å². The Hall–Kier alpha value is -1.36. The first-order valence-corrected chi connectivity index (χ1v) is 9.00. The van der Waals surface area contributed by atoms with Crippen LogP contribution in [-0.2, 0) is 19.1 Å². The predicted molar refractivity (Wildman–Crippen MR) is 83.6 cm³/mol. The van der Waals surface area contributed by atoms with E-state index >= 15 is 0 Å². The van der Waals surface area contributed by atoms with Crippen LogP contribution in [0.5, 0.6) is 0 Å². The van der Waals surface area contributed by atoms with Crippen LogP contribution >= 0.6 is 0 Å². The molecular weight excluding hydrogens is 294 g/mol. The molecule has 1 aliphatic carbocycles. The van der Waals surface area contributed by atoms with Gasteiger partial charge in [0.15, 0.2) is 0 Å². The molecule has 5 nitrogen and oxygen atoms in total. The van der Waals surface area contributed by atoms with Crippen LogP contribution in [0.2, 0.25) is 0 Å². The fourth-order valence-electron chi connectivity index (χ4n) is 4.80. The zero-order chi connectivity index (χ0) is 16.0. The molecule has 0 aromatic rings. The molecule has 4 atom stereocenters. The van der Waals surface area contributed by atoms with Crippen LogP contribution in [0.15, 0.2) is 12.2 Å². The van der Waals surface area contributed by atoms with Crippen LogP contribution < -0.4 is 0 Å². The molecule has 0 aromatic carbocycles. The third-order valence-corrected chi connectivity index (χ3v) is 5.87. The molecule has 0 radical (unpaired) electrons. The molecule has 4 aliphatic rings. The summed E-state index contributed by atoms with van der Waals surface area (Å²) in [6, 6.07) is 0.319. The molecule has 3 aliphatic heterocycles. The van der Waals surface area contributed by atoms with Gasteiger partial charge in [-0.1, -0.05) is 38.3 Å². The van der Waals surface area contributed by atoms with Crippen molar-refractivity contribution in [2.75, 3.05) is 13.2 Å². The van der Waals surface area contributed by atoms with Gasteiger partial charge in [-0.25, -0.2) is 0 Å². The van der Waals surface area contributed by atoms with Gasteiger partial charge < -0.3 is 14.4 Å². The zero-order valence-corrected chi connectivity index (χ0v) is 13.7. The summed E-state index contributed by atoms with van der Waals surface area (Å²) in [5, 5.41) is 0. The van der Waals surface area contributed by atoms with Crippen LogP contribution in [0.1, 0.15) is 45.4 Å². The maximum Gasteiger partial charge on any atom is 0.312 e. The van der Waals surface area contributed by atoms with Gasteiger partial charge in [0, 0.05) is 6.04 Å². The van der Waals surface area contributed by atoms with Crippen molar-refractivity contribution in [3.05, 3.63) is 12.2 Å². The van der Waals surface area contributed by atoms with Crippen LogP contribution in [0.3, 0.4) is 0 Å². The number of ether oxygens (including phenoxy) is 2. The highest BCUT2D eigenvalue weighted by atomic mass is 16.6. The van der Waals surface area contributed by atoms with Crippen molar-refractivity contribution < 1.29 is 19.1 Å². The number of rotatable bonds is 4. The summed E-state index contributed by atoms with van der Waals surface area (Å²) in [7, 11) is 0. The Balaban J connectivity index is 1.56. The molecule has 3 fully saturated rings. The molecule has 4 rings (SSSR count). The number of nitrogens with zero attached hydrogens (tertiary/aromatic N) is 1. The summed E-state index contributed by atoms with van der Waals surface area (Å²) >= 11 is 0. The van der Waals surface area contributed by atoms with E-state index in [1.807, 2.05) is 24.0 Å². The smallest absolute Gasteiger partial charge is 0.312 e. The molecule has 1 saturated carbocycles. The van der Waals surface area contributed by atoms with E-state index in [-0.39, 0.29) is 23.9 Å². The SMILES string of the molecule is CCCOC(=O)[C@H]1[C@H]2C=C[C@@]3(CN(C4CCCCC4)C(=O)[C@@H]13)O2. The fraction of sp³-hybridized carbons (Fsp3) is 0.778. The highest BCUT2D eigenvalue weighted by molar-refractivity contribution is 5.91. The van der Waals surface area contributed by atoms with Crippen molar-refractivity contribution in [3.8, 4) is 0 Å². The molecular formula is C18H25NO4. The first kappa shape index (κ1) is 15.2. The van der Waals surface area contributed by atoms with Crippen LogP contribution in [0, 0.1) is 11.8 Å². The Labute approximate surface area is 137 Å². The van der Waals surface area contributed by atoms with Gasteiger partial charge in [0.2, 0.25) is 5.91 Å². The Bertz CT molecular complexity index is 539. The normalized spacial score (nSPS) is 39.1. The number of carbonyl (C=O) groups excluding carboxylic acids is 2. The average molecular weight is 319 g/mol. The van der Waals surface area contributed by atoms with Gasteiger partial charge in [-0.2, -0.15) is 0 Å². The number of esters is 1. The van der Waals surface area contributed by atoms with Crippen molar-refractivity contribution in [1.82, 2.24) is 4.90 Å². The molecule has 126 valence electrons. The van der Waals surface area contributed by atoms with E-state index in [9.17, 15) is 9.59 Å². The van der Waals surface area contributed by atoms with Gasteiger partial charge in [-0.15, -0.1) is 0 Å². The number of fused-ring (bicyclic) bond motifs is 1. The van der Waals surface area contributed by atoms with E-state index in [1.54, 1.807) is 0 Å². The van der Waals surface area contributed by atoms with Gasteiger partial charge in [0.1, 0.15) is 11.5 Å². The number of hydrogen-bond donors (Lipinski definition) is 0. The number of likely N-dealkylation sites (tertiary alicyclic amines) is 1. The first-order chi connectivity index (χ1) is 11.2. The summed E-state index contributed by atoms with van der Waals surface area (Å²) in [4.78, 5) is 27.5. The van der Waals surface area contributed by atoms with Gasteiger partial charge in [-0.05, 0) is 19.3 Å². The largest absolute Gasteiger partial charge is 0.465 e. The summed E-state index contributed by atoms with van der Waals surface area (Å²) in [5.41, 5.74) is -0.588. The molecule has 1 amide bonds. The molecule has 23 heavy (non-hydrogen) atoms. The molecule has 0 N–H and O–H groups in total. The maximum atomic E-state index is 13.1. The Kier molecular flexibility index (Phi) is 3.71. The summed E-state index contributed by atoms with van der Waals surface area (Å²) < 4.78 is 11.5.